The van der Waals surface area contributed by atoms with Crippen LogP contribution in [0.1, 0.15) is 15.9 Å². The zero-order chi connectivity index (χ0) is 20.6. The Morgan fingerprint density at radius 1 is 0.857 bits per heavy atom. The summed E-state index contributed by atoms with van der Waals surface area (Å²) in [5, 5.41) is 10.5. The van der Waals surface area contributed by atoms with E-state index in [0.29, 0.717) is 16.9 Å². The minimum atomic E-state index is -3.55. The Labute approximate surface area is 166 Å². The Bertz CT molecular complexity index is 974. The van der Waals surface area contributed by atoms with Crippen molar-refractivity contribution in [3.63, 3.8) is 0 Å². The van der Waals surface area contributed by atoms with Crippen LogP contribution >= 0.6 is 6.72 Å². The molecule has 0 atom stereocenters. The van der Waals surface area contributed by atoms with E-state index < -0.39 is 11.6 Å². The number of benzene rings is 3. The third-order valence-electron chi connectivity index (χ3n) is 3.34. The highest BCUT2D eigenvalue weighted by Crippen LogP contribution is 2.37. The molecule has 9 heteroatoms. The minimum Gasteiger partial charge on any atom is -0.424 e. The molecular weight excluding hydrogens is 401 g/mol. The summed E-state index contributed by atoms with van der Waals surface area (Å²) in [7, 11) is 0. The molecule has 0 bridgehead atoms. The third kappa shape index (κ3) is 7.02. The maximum atomic E-state index is 12.0. The van der Waals surface area contributed by atoms with Crippen LogP contribution < -0.4 is 4.52 Å². The van der Waals surface area contributed by atoms with Crippen molar-refractivity contribution in [3.8, 4) is 5.75 Å². The topological polar surface area (TPSA) is 110 Å². The van der Waals surface area contributed by atoms with E-state index in [0.717, 1.165) is 0 Å². The smallest absolute Gasteiger partial charge is 0.375 e. The van der Waals surface area contributed by atoms with Gasteiger partial charge < -0.3 is 14.3 Å². The van der Waals surface area contributed by atoms with Gasteiger partial charge in [0.25, 0.3) is 5.69 Å². The summed E-state index contributed by atoms with van der Waals surface area (Å²) in [5.41, 5.74) is 0.998. The number of nitro groups is 1. The van der Waals surface area contributed by atoms with E-state index in [1.807, 2.05) is 6.07 Å². The SMILES string of the molecule is O=C(c1ccccc1)c1ccc([N+](=O)[O-])cc1.OP(O)(=S)Oc1ccccc1. The summed E-state index contributed by atoms with van der Waals surface area (Å²) in [6, 6.07) is 22.8. The number of carbonyl (C=O) groups excluding carboxylic acids is 1. The molecule has 3 aromatic rings. The maximum absolute atomic E-state index is 12.0. The molecule has 3 rings (SSSR count). The van der Waals surface area contributed by atoms with E-state index >= 15 is 0 Å². The third-order valence-corrected chi connectivity index (χ3v) is 4.02. The number of nitro benzene ring substituents is 1. The molecule has 0 saturated carbocycles. The Hall–Kier alpha value is -2.90. The normalized spacial score (nSPS) is 10.4. The molecule has 0 aromatic heterocycles. The van der Waals surface area contributed by atoms with Crippen molar-refractivity contribution in [3.05, 3.63) is 106 Å². The molecule has 2 N–H and O–H groups in total. The van der Waals surface area contributed by atoms with Gasteiger partial charge in [0.15, 0.2) is 5.78 Å². The minimum absolute atomic E-state index is 0.0189. The molecule has 0 aliphatic heterocycles. The van der Waals surface area contributed by atoms with Gasteiger partial charge in [-0.15, -0.1) is 0 Å². The quantitative estimate of drug-likeness (QED) is 0.278. The van der Waals surface area contributed by atoms with E-state index in [2.05, 4.69) is 16.3 Å². The van der Waals surface area contributed by atoms with Crippen LogP contribution in [0.5, 0.6) is 5.75 Å². The van der Waals surface area contributed by atoms with Gasteiger partial charge in [-0.2, -0.15) is 0 Å². The Morgan fingerprint density at radius 2 is 1.32 bits per heavy atom. The van der Waals surface area contributed by atoms with Crippen LogP contribution in [0.3, 0.4) is 0 Å². The number of para-hydroxylation sites is 1. The standard InChI is InChI=1S/C13H9NO3.C6H7O3PS/c15-13(10-4-2-1-3-5-10)11-6-8-12(9-7-11)14(16)17;7-10(8,11)9-6-4-2-1-3-5-6/h1-9H;1-5H,(H2,7,8,11). The molecular formula is C19H16NO6PS. The predicted octanol–water partition coefficient (Wildman–Crippen LogP) is 4.10. The lowest BCUT2D eigenvalue weighted by Crippen LogP contribution is -2.00. The predicted molar refractivity (Wildman–Crippen MR) is 109 cm³/mol. The van der Waals surface area contributed by atoms with E-state index in [1.165, 1.54) is 24.3 Å². The first-order valence-electron chi connectivity index (χ1n) is 7.90. The number of carbonyl (C=O) groups is 1. The van der Waals surface area contributed by atoms with Gasteiger partial charge in [-0.1, -0.05) is 48.5 Å². The van der Waals surface area contributed by atoms with E-state index in [-0.39, 0.29) is 11.5 Å². The molecule has 0 spiro atoms. The molecule has 7 nitrogen and oxygen atoms in total. The van der Waals surface area contributed by atoms with Crippen molar-refractivity contribution in [1.82, 2.24) is 0 Å². The highest BCUT2D eigenvalue weighted by Gasteiger charge is 2.11. The molecule has 0 saturated heterocycles. The Kier molecular flexibility index (Phi) is 7.54. The Morgan fingerprint density at radius 3 is 1.79 bits per heavy atom. The van der Waals surface area contributed by atoms with Gasteiger partial charge in [0.2, 0.25) is 0 Å². The Balaban J connectivity index is 0.000000221. The largest absolute Gasteiger partial charge is 0.424 e. The zero-order valence-electron chi connectivity index (χ0n) is 14.4. The average Bonchev–Trinajstić information content (AvgIpc) is 2.68. The van der Waals surface area contributed by atoms with Gasteiger partial charge >= 0.3 is 6.72 Å². The van der Waals surface area contributed by atoms with Gasteiger partial charge in [0.05, 0.1) is 4.92 Å². The molecule has 3 aromatic carbocycles. The van der Waals surface area contributed by atoms with Crippen molar-refractivity contribution < 1.29 is 24.0 Å². The van der Waals surface area contributed by atoms with Gasteiger partial charge in [-0.3, -0.25) is 14.9 Å². The number of non-ortho nitro benzene ring substituents is 1. The first-order chi connectivity index (χ1) is 13.3. The lowest BCUT2D eigenvalue weighted by molar-refractivity contribution is -0.384. The number of hydrogen-bond donors (Lipinski definition) is 2. The van der Waals surface area contributed by atoms with Crippen molar-refractivity contribution in [2.75, 3.05) is 0 Å². The van der Waals surface area contributed by atoms with E-state index in [4.69, 9.17) is 9.79 Å². The fraction of sp³-hybridized carbons (Fsp3) is 0. The summed E-state index contributed by atoms with van der Waals surface area (Å²) in [6.07, 6.45) is 0. The second-order valence-corrected chi connectivity index (χ2v) is 7.98. The van der Waals surface area contributed by atoms with E-state index in [1.54, 1.807) is 54.6 Å². The van der Waals surface area contributed by atoms with Crippen molar-refractivity contribution in [2.24, 2.45) is 0 Å². The van der Waals surface area contributed by atoms with Crippen LogP contribution in [0.25, 0.3) is 0 Å². The summed E-state index contributed by atoms with van der Waals surface area (Å²) >= 11 is 4.27. The molecule has 0 aliphatic carbocycles. The second-order valence-electron chi connectivity index (χ2n) is 5.39. The van der Waals surface area contributed by atoms with Crippen LogP contribution in [0.4, 0.5) is 5.69 Å². The highest BCUT2D eigenvalue weighted by atomic mass is 32.5. The highest BCUT2D eigenvalue weighted by molar-refractivity contribution is 8.06. The average molecular weight is 417 g/mol. The molecule has 0 radical (unpaired) electrons. The number of nitrogens with zero attached hydrogens (tertiary/aromatic N) is 1. The first-order valence-corrected chi connectivity index (χ1v) is 10.5. The molecule has 0 fully saturated rings. The summed E-state index contributed by atoms with van der Waals surface area (Å²) in [4.78, 5) is 39.4. The lowest BCUT2D eigenvalue weighted by atomic mass is 10.0. The van der Waals surface area contributed by atoms with Crippen molar-refractivity contribution in [1.29, 1.82) is 0 Å². The van der Waals surface area contributed by atoms with Gasteiger partial charge in [0, 0.05) is 35.1 Å². The van der Waals surface area contributed by atoms with Crippen LogP contribution in [0.15, 0.2) is 84.9 Å². The zero-order valence-corrected chi connectivity index (χ0v) is 16.1. The molecule has 28 heavy (non-hydrogen) atoms. The molecule has 144 valence electrons. The summed E-state index contributed by atoms with van der Waals surface area (Å²) < 4.78 is 4.64. The van der Waals surface area contributed by atoms with Crippen LogP contribution in [0, 0.1) is 10.1 Å². The first kappa shape index (κ1) is 21.4. The van der Waals surface area contributed by atoms with Crippen LogP contribution in [-0.2, 0) is 11.8 Å². The lowest BCUT2D eigenvalue weighted by Gasteiger charge is -2.08. The monoisotopic (exact) mass is 417 g/mol. The second kappa shape index (κ2) is 9.87. The van der Waals surface area contributed by atoms with E-state index in [9.17, 15) is 14.9 Å². The summed E-state index contributed by atoms with van der Waals surface area (Å²) in [6.45, 7) is -3.55. The fourth-order valence-electron chi connectivity index (χ4n) is 2.11. The molecule has 0 unspecified atom stereocenters. The van der Waals surface area contributed by atoms with Crippen LogP contribution in [-0.4, -0.2) is 20.5 Å². The van der Waals surface area contributed by atoms with Gasteiger partial charge in [-0.25, -0.2) is 0 Å². The van der Waals surface area contributed by atoms with Gasteiger partial charge in [0.1, 0.15) is 5.75 Å². The molecule has 0 amide bonds. The van der Waals surface area contributed by atoms with Crippen LogP contribution in [0.2, 0.25) is 0 Å². The summed E-state index contributed by atoms with van der Waals surface area (Å²) in [5.74, 6) is 0.237. The molecule has 0 aliphatic rings. The van der Waals surface area contributed by atoms with Crippen molar-refractivity contribution in [2.45, 2.75) is 0 Å². The number of ketones is 1. The number of hydrogen-bond acceptors (Lipinski definition) is 5. The van der Waals surface area contributed by atoms with Crippen molar-refractivity contribution >= 4 is 30.0 Å². The molecule has 0 heterocycles. The fourth-order valence-corrected chi connectivity index (χ4v) is 2.76. The maximum Gasteiger partial charge on any atom is 0.375 e. The van der Waals surface area contributed by atoms with Gasteiger partial charge in [-0.05, 0) is 24.3 Å². The number of rotatable bonds is 5.